The molecule has 0 radical (unpaired) electrons. The molecule has 0 amide bonds. The van der Waals surface area contributed by atoms with Gasteiger partial charge in [0.05, 0.1) is 6.61 Å². The Bertz CT molecular complexity index is 255. The number of hydrogen-bond acceptors (Lipinski definition) is 1. The Kier molecular flexibility index (Phi) is 13.2. The molecule has 0 aromatic carbocycles. The van der Waals surface area contributed by atoms with Gasteiger partial charge < -0.3 is 5.11 Å². The fourth-order valence-electron chi connectivity index (χ4n) is 2.97. The van der Waals surface area contributed by atoms with Crippen molar-refractivity contribution < 1.29 is 5.11 Å². The van der Waals surface area contributed by atoms with Gasteiger partial charge in [-0.15, -0.1) is 0 Å². The van der Waals surface area contributed by atoms with E-state index in [-0.39, 0.29) is 6.61 Å². The molecule has 0 fully saturated rings. The molecule has 0 bridgehead atoms. The normalized spacial score (nSPS) is 15.5. The van der Waals surface area contributed by atoms with Crippen molar-refractivity contribution in [3.63, 3.8) is 0 Å². The van der Waals surface area contributed by atoms with Gasteiger partial charge in [0.2, 0.25) is 0 Å². The Balaban J connectivity index is 3.52. The number of rotatable bonds is 13. The minimum Gasteiger partial charge on any atom is -0.392 e. The van der Waals surface area contributed by atoms with Gasteiger partial charge in [-0.1, -0.05) is 84.3 Å². The lowest BCUT2D eigenvalue weighted by Gasteiger charge is -2.15. The molecule has 1 nitrogen and oxygen atoms in total. The van der Waals surface area contributed by atoms with E-state index in [2.05, 4.69) is 34.6 Å². The van der Waals surface area contributed by atoms with Crippen molar-refractivity contribution in [3.05, 3.63) is 11.6 Å². The van der Waals surface area contributed by atoms with Crippen LogP contribution in [0, 0.1) is 17.8 Å². The molecule has 0 saturated heterocycles. The summed E-state index contributed by atoms with van der Waals surface area (Å²) in [4.78, 5) is 0. The highest BCUT2D eigenvalue weighted by Gasteiger charge is 2.06. The zero-order chi connectivity index (χ0) is 16.1. The van der Waals surface area contributed by atoms with Crippen LogP contribution in [0.2, 0.25) is 0 Å². The first-order valence-corrected chi connectivity index (χ1v) is 9.22. The predicted molar refractivity (Wildman–Crippen MR) is 95.6 cm³/mol. The zero-order valence-electron chi connectivity index (χ0n) is 15.3. The monoisotopic (exact) mass is 296 g/mol. The van der Waals surface area contributed by atoms with Crippen LogP contribution in [0.3, 0.4) is 0 Å². The van der Waals surface area contributed by atoms with E-state index in [4.69, 9.17) is 5.11 Å². The third-order valence-corrected chi connectivity index (χ3v) is 4.58. The Morgan fingerprint density at radius 3 is 1.76 bits per heavy atom. The number of allylic oxidation sites excluding steroid dienone is 1. The lowest BCUT2D eigenvalue weighted by atomic mass is 9.91. The van der Waals surface area contributed by atoms with Crippen molar-refractivity contribution in [2.24, 2.45) is 17.8 Å². The van der Waals surface area contributed by atoms with Crippen LogP contribution in [0.15, 0.2) is 11.6 Å². The van der Waals surface area contributed by atoms with Gasteiger partial charge in [0.1, 0.15) is 0 Å². The van der Waals surface area contributed by atoms with E-state index < -0.39 is 0 Å². The van der Waals surface area contributed by atoms with Crippen molar-refractivity contribution in [1.29, 1.82) is 0 Å². The second kappa shape index (κ2) is 13.4. The molecule has 0 rings (SSSR count). The molecule has 126 valence electrons. The lowest BCUT2D eigenvalue weighted by Crippen LogP contribution is -2.00. The summed E-state index contributed by atoms with van der Waals surface area (Å²) in [5.41, 5.74) is 1.34. The van der Waals surface area contributed by atoms with Crippen LogP contribution in [0.5, 0.6) is 0 Å². The maximum Gasteiger partial charge on any atom is 0.0614 e. The first-order chi connectivity index (χ1) is 9.95. The lowest BCUT2D eigenvalue weighted by molar-refractivity contribution is 0.341. The van der Waals surface area contributed by atoms with E-state index in [1.165, 1.54) is 56.9 Å². The molecule has 0 heterocycles. The quantitative estimate of drug-likeness (QED) is 0.392. The molecule has 0 aromatic heterocycles. The van der Waals surface area contributed by atoms with Crippen LogP contribution in [-0.2, 0) is 0 Å². The van der Waals surface area contributed by atoms with Crippen molar-refractivity contribution >= 4 is 0 Å². The van der Waals surface area contributed by atoms with Gasteiger partial charge in [0.25, 0.3) is 0 Å². The van der Waals surface area contributed by atoms with Crippen molar-refractivity contribution in [2.75, 3.05) is 6.61 Å². The third kappa shape index (κ3) is 14.4. The minimum absolute atomic E-state index is 0.191. The smallest absolute Gasteiger partial charge is 0.0614 e. The maximum absolute atomic E-state index is 8.83. The summed E-state index contributed by atoms with van der Waals surface area (Å²) in [5.74, 6) is 2.63. The first-order valence-electron chi connectivity index (χ1n) is 9.22. The molecule has 0 aliphatic heterocycles. The molecule has 1 N–H and O–H groups in total. The van der Waals surface area contributed by atoms with Crippen molar-refractivity contribution in [2.45, 2.75) is 92.4 Å². The molecule has 2 atom stereocenters. The number of aliphatic hydroxyl groups excluding tert-OH is 1. The topological polar surface area (TPSA) is 20.2 Å². The molecule has 0 spiro atoms. The van der Waals surface area contributed by atoms with Crippen LogP contribution in [0.4, 0.5) is 0 Å². The van der Waals surface area contributed by atoms with Crippen LogP contribution < -0.4 is 0 Å². The largest absolute Gasteiger partial charge is 0.392 e. The molecule has 0 aliphatic carbocycles. The average molecular weight is 297 g/mol. The zero-order valence-corrected chi connectivity index (χ0v) is 15.3. The van der Waals surface area contributed by atoms with Crippen LogP contribution in [-0.4, -0.2) is 11.7 Å². The fraction of sp³-hybridized carbons (Fsp3) is 0.900. The predicted octanol–water partition coefficient (Wildman–Crippen LogP) is 6.36. The van der Waals surface area contributed by atoms with Gasteiger partial charge in [-0.25, -0.2) is 0 Å². The van der Waals surface area contributed by atoms with E-state index in [1.807, 2.05) is 6.08 Å². The standard InChI is InChI=1S/C20H40O/c1-17(2)9-6-10-18(3)11-7-12-19(4)13-8-14-20(5)15-16-21/h15,17-19,21H,6-14,16H2,1-5H3/b20-15+/t18-,19+/m1/s1. The molecule has 21 heavy (non-hydrogen) atoms. The average Bonchev–Trinajstić information content (AvgIpc) is 2.38. The summed E-state index contributed by atoms with van der Waals surface area (Å²) in [6.45, 7) is 11.8. The molecule has 0 saturated carbocycles. The van der Waals surface area contributed by atoms with Crippen LogP contribution >= 0.6 is 0 Å². The summed E-state index contributed by atoms with van der Waals surface area (Å²) in [6.07, 6.45) is 14.1. The Labute approximate surface area is 134 Å². The van der Waals surface area contributed by atoms with E-state index in [0.29, 0.717) is 0 Å². The van der Waals surface area contributed by atoms with Gasteiger partial charge in [-0.05, 0) is 37.5 Å². The molecule has 1 heteroatoms. The van der Waals surface area contributed by atoms with Gasteiger partial charge in [0.15, 0.2) is 0 Å². The third-order valence-electron chi connectivity index (χ3n) is 4.58. The maximum atomic E-state index is 8.83. The molecule has 0 unspecified atom stereocenters. The molecular formula is C20H40O. The number of aliphatic hydroxyl groups is 1. The highest BCUT2D eigenvalue weighted by atomic mass is 16.2. The summed E-state index contributed by atoms with van der Waals surface area (Å²) in [7, 11) is 0. The first kappa shape index (κ1) is 20.7. The molecule has 0 aromatic rings. The van der Waals surface area contributed by atoms with Gasteiger partial charge in [-0.2, -0.15) is 0 Å². The Morgan fingerprint density at radius 1 is 0.810 bits per heavy atom. The van der Waals surface area contributed by atoms with Gasteiger partial charge in [0, 0.05) is 0 Å². The fourth-order valence-corrected chi connectivity index (χ4v) is 2.97. The van der Waals surface area contributed by atoms with E-state index in [0.717, 1.165) is 24.2 Å². The summed E-state index contributed by atoms with van der Waals surface area (Å²) < 4.78 is 0. The van der Waals surface area contributed by atoms with Crippen LogP contribution in [0.1, 0.15) is 92.4 Å². The second-order valence-corrected chi connectivity index (χ2v) is 7.59. The number of hydrogen-bond donors (Lipinski definition) is 1. The van der Waals surface area contributed by atoms with Crippen LogP contribution in [0.25, 0.3) is 0 Å². The molecular weight excluding hydrogens is 256 g/mol. The van der Waals surface area contributed by atoms with Gasteiger partial charge in [-0.3, -0.25) is 0 Å². The highest BCUT2D eigenvalue weighted by molar-refractivity contribution is 4.97. The summed E-state index contributed by atoms with van der Waals surface area (Å²) in [5, 5.41) is 8.83. The summed E-state index contributed by atoms with van der Waals surface area (Å²) in [6, 6.07) is 0. The van der Waals surface area contributed by atoms with Crippen molar-refractivity contribution in [3.8, 4) is 0 Å². The SMILES string of the molecule is C/C(=C\CO)CCC[C@@H](C)CCC[C@H](C)CCCC(C)C. The van der Waals surface area contributed by atoms with Gasteiger partial charge >= 0.3 is 0 Å². The minimum atomic E-state index is 0.191. The van der Waals surface area contributed by atoms with E-state index >= 15 is 0 Å². The summed E-state index contributed by atoms with van der Waals surface area (Å²) >= 11 is 0. The van der Waals surface area contributed by atoms with Crippen molar-refractivity contribution in [1.82, 2.24) is 0 Å². The molecule has 0 aliphatic rings. The Morgan fingerprint density at radius 2 is 1.29 bits per heavy atom. The highest BCUT2D eigenvalue weighted by Crippen LogP contribution is 2.21. The Hall–Kier alpha value is -0.300. The van der Waals surface area contributed by atoms with E-state index in [9.17, 15) is 0 Å². The van der Waals surface area contributed by atoms with E-state index in [1.54, 1.807) is 0 Å². The second-order valence-electron chi connectivity index (χ2n) is 7.59.